The number of benzene rings is 2. The number of aromatic nitrogens is 3. The molecule has 150 valence electrons. The van der Waals surface area contributed by atoms with Gasteiger partial charge in [0, 0.05) is 17.3 Å². The molecule has 0 aliphatic carbocycles. The van der Waals surface area contributed by atoms with Gasteiger partial charge in [0.25, 0.3) is 0 Å². The van der Waals surface area contributed by atoms with Gasteiger partial charge in [-0.25, -0.2) is 0 Å². The Morgan fingerprint density at radius 3 is 2.76 bits per heavy atom. The van der Waals surface area contributed by atoms with Crippen molar-refractivity contribution in [2.24, 2.45) is 0 Å². The van der Waals surface area contributed by atoms with Crippen molar-refractivity contribution in [1.29, 1.82) is 0 Å². The molecule has 1 atom stereocenters. The second kappa shape index (κ2) is 9.24. The van der Waals surface area contributed by atoms with Crippen LogP contribution in [0.2, 0.25) is 5.02 Å². The highest BCUT2D eigenvalue weighted by Gasteiger charge is 2.28. The summed E-state index contributed by atoms with van der Waals surface area (Å²) in [6.45, 7) is 5.36. The average Bonchev–Trinajstić information content (AvgIpc) is 3.15. The molecule has 0 bridgehead atoms. The van der Waals surface area contributed by atoms with E-state index in [2.05, 4.69) is 16.8 Å². The number of ether oxygens (including phenoxy) is 3. The number of fused-ring (bicyclic) bond motifs is 1. The lowest BCUT2D eigenvalue weighted by molar-refractivity contribution is 0.0821. The maximum Gasteiger partial charge on any atom is 0.192 e. The van der Waals surface area contributed by atoms with E-state index >= 15 is 0 Å². The van der Waals surface area contributed by atoms with Gasteiger partial charge in [-0.15, -0.1) is 16.8 Å². The van der Waals surface area contributed by atoms with Crippen LogP contribution in [0.5, 0.6) is 17.2 Å². The number of thioether (sulfide) groups is 1. The van der Waals surface area contributed by atoms with Crippen LogP contribution < -0.4 is 14.2 Å². The average molecular weight is 430 g/mol. The Morgan fingerprint density at radius 1 is 1.17 bits per heavy atom. The van der Waals surface area contributed by atoms with Crippen molar-refractivity contribution in [2.45, 2.75) is 17.8 Å². The van der Waals surface area contributed by atoms with Crippen LogP contribution in [0.1, 0.15) is 11.9 Å². The molecule has 1 aliphatic heterocycles. The van der Waals surface area contributed by atoms with Crippen LogP contribution in [0.15, 0.2) is 66.3 Å². The van der Waals surface area contributed by atoms with Crippen LogP contribution in [0.3, 0.4) is 0 Å². The molecule has 0 N–H and O–H groups in total. The van der Waals surface area contributed by atoms with E-state index < -0.39 is 0 Å². The van der Waals surface area contributed by atoms with Crippen molar-refractivity contribution in [2.75, 3.05) is 19.0 Å². The molecule has 0 saturated heterocycles. The van der Waals surface area contributed by atoms with Crippen molar-refractivity contribution >= 4 is 23.4 Å². The number of para-hydroxylation sites is 2. The van der Waals surface area contributed by atoms with Crippen LogP contribution in [-0.2, 0) is 6.54 Å². The summed E-state index contributed by atoms with van der Waals surface area (Å²) in [5, 5.41) is 10.2. The molecule has 6 nitrogen and oxygen atoms in total. The normalized spacial score (nSPS) is 15.1. The Balaban J connectivity index is 1.40. The van der Waals surface area contributed by atoms with Gasteiger partial charge in [0.2, 0.25) is 0 Å². The number of rotatable bonds is 8. The lowest BCUT2D eigenvalue weighted by atomic mass is 10.2. The van der Waals surface area contributed by atoms with Crippen molar-refractivity contribution < 1.29 is 14.2 Å². The predicted molar refractivity (Wildman–Crippen MR) is 113 cm³/mol. The highest BCUT2D eigenvalue weighted by molar-refractivity contribution is 7.99. The zero-order chi connectivity index (χ0) is 20.1. The van der Waals surface area contributed by atoms with Gasteiger partial charge in [0.15, 0.2) is 28.6 Å². The molecule has 2 aromatic carbocycles. The summed E-state index contributed by atoms with van der Waals surface area (Å²) in [4.78, 5) is 0. The smallest absolute Gasteiger partial charge is 0.192 e. The summed E-state index contributed by atoms with van der Waals surface area (Å²) < 4.78 is 19.6. The van der Waals surface area contributed by atoms with Crippen LogP contribution in [-0.4, -0.2) is 33.7 Å². The summed E-state index contributed by atoms with van der Waals surface area (Å²) >= 11 is 7.46. The van der Waals surface area contributed by atoms with Crippen LogP contribution >= 0.6 is 23.4 Å². The van der Waals surface area contributed by atoms with Crippen LogP contribution in [0.25, 0.3) is 0 Å². The minimum Gasteiger partial charge on any atom is -0.493 e. The molecule has 0 spiro atoms. The Labute approximate surface area is 178 Å². The molecule has 8 heteroatoms. The van der Waals surface area contributed by atoms with Crippen molar-refractivity contribution in [3.05, 3.63) is 72.0 Å². The predicted octanol–water partition coefficient (Wildman–Crippen LogP) is 4.80. The van der Waals surface area contributed by atoms with Gasteiger partial charge >= 0.3 is 0 Å². The molecule has 1 aliphatic rings. The quantitative estimate of drug-likeness (QED) is 0.291. The first kappa shape index (κ1) is 19.7. The summed E-state index contributed by atoms with van der Waals surface area (Å²) in [5.41, 5.74) is 0. The SMILES string of the molecule is C=CCn1c(SCCOc2ccc(Cl)cc2)nnc1[C@H]1COc2ccccc2O1. The van der Waals surface area contributed by atoms with Crippen LogP contribution in [0, 0.1) is 0 Å². The van der Waals surface area contributed by atoms with E-state index in [9.17, 15) is 0 Å². The first-order chi connectivity index (χ1) is 14.2. The maximum atomic E-state index is 6.08. The Hall–Kier alpha value is -2.64. The largest absolute Gasteiger partial charge is 0.493 e. The number of hydrogen-bond acceptors (Lipinski definition) is 6. The molecule has 2 heterocycles. The molecule has 29 heavy (non-hydrogen) atoms. The third-order valence-corrected chi connectivity index (χ3v) is 5.43. The number of allylic oxidation sites excluding steroid dienone is 1. The first-order valence-electron chi connectivity index (χ1n) is 9.18. The van der Waals surface area contributed by atoms with E-state index in [1.165, 1.54) is 0 Å². The van der Waals surface area contributed by atoms with Gasteiger partial charge in [-0.2, -0.15) is 0 Å². The minimum atomic E-state index is -0.322. The zero-order valence-corrected chi connectivity index (χ0v) is 17.2. The fourth-order valence-electron chi connectivity index (χ4n) is 2.92. The Bertz CT molecular complexity index is 978. The Kier molecular flexibility index (Phi) is 6.27. The third-order valence-electron chi connectivity index (χ3n) is 4.25. The molecule has 0 unspecified atom stereocenters. The monoisotopic (exact) mass is 429 g/mol. The molecular weight excluding hydrogens is 410 g/mol. The summed E-state index contributed by atoms with van der Waals surface area (Å²) in [6.07, 6.45) is 1.50. The van der Waals surface area contributed by atoms with E-state index in [4.69, 9.17) is 25.8 Å². The molecule has 0 amide bonds. The van der Waals surface area contributed by atoms with E-state index in [0.29, 0.717) is 30.5 Å². The molecule has 0 fully saturated rings. The van der Waals surface area contributed by atoms with Gasteiger partial charge in [-0.05, 0) is 36.4 Å². The van der Waals surface area contributed by atoms with Gasteiger partial charge in [0.05, 0.1) is 6.61 Å². The van der Waals surface area contributed by atoms with E-state index in [1.54, 1.807) is 23.9 Å². The fourth-order valence-corrected chi connectivity index (χ4v) is 3.81. The summed E-state index contributed by atoms with van der Waals surface area (Å²) in [5.74, 6) is 3.69. The second-order valence-electron chi connectivity index (χ2n) is 6.26. The topological polar surface area (TPSA) is 58.4 Å². The zero-order valence-electron chi connectivity index (χ0n) is 15.7. The summed E-state index contributed by atoms with van der Waals surface area (Å²) in [7, 11) is 0. The second-order valence-corrected chi connectivity index (χ2v) is 7.75. The number of hydrogen-bond donors (Lipinski definition) is 0. The lowest BCUT2D eigenvalue weighted by Crippen LogP contribution is -2.25. The number of halogens is 1. The molecule has 4 rings (SSSR count). The lowest BCUT2D eigenvalue weighted by Gasteiger charge is -2.26. The first-order valence-corrected chi connectivity index (χ1v) is 10.5. The van der Waals surface area contributed by atoms with E-state index in [0.717, 1.165) is 28.2 Å². The van der Waals surface area contributed by atoms with E-state index in [-0.39, 0.29) is 6.10 Å². The Morgan fingerprint density at radius 2 is 1.97 bits per heavy atom. The fraction of sp³-hybridized carbons (Fsp3) is 0.238. The molecular formula is C21H20ClN3O3S. The standard InChI is InChI=1S/C21H20ClN3O3S/c1-2-11-25-20(19-14-27-17-5-3-4-6-18(17)28-19)23-24-21(25)29-13-12-26-16-9-7-15(22)8-10-16/h2-10,19H,1,11-14H2/t19-/m1/s1. The van der Waals surface area contributed by atoms with E-state index in [1.807, 2.05) is 47.0 Å². The van der Waals surface area contributed by atoms with Gasteiger partial charge < -0.3 is 14.2 Å². The van der Waals surface area contributed by atoms with Crippen molar-refractivity contribution in [3.63, 3.8) is 0 Å². The highest BCUT2D eigenvalue weighted by atomic mass is 35.5. The maximum absolute atomic E-state index is 6.08. The molecule has 3 aromatic rings. The van der Waals surface area contributed by atoms with Crippen molar-refractivity contribution in [3.8, 4) is 17.2 Å². The van der Waals surface area contributed by atoms with Gasteiger partial charge in [-0.3, -0.25) is 4.57 Å². The summed E-state index contributed by atoms with van der Waals surface area (Å²) in [6, 6.07) is 14.9. The third kappa shape index (κ3) is 4.68. The van der Waals surface area contributed by atoms with Crippen molar-refractivity contribution in [1.82, 2.24) is 14.8 Å². The highest BCUT2D eigenvalue weighted by Crippen LogP contribution is 2.36. The van der Waals surface area contributed by atoms with Crippen LogP contribution in [0.4, 0.5) is 0 Å². The minimum absolute atomic E-state index is 0.322. The number of nitrogens with zero attached hydrogens (tertiary/aromatic N) is 3. The molecule has 1 aromatic heterocycles. The van der Waals surface area contributed by atoms with Gasteiger partial charge in [-0.1, -0.05) is 41.6 Å². The molecule has 0 saturated carbocycles. The van der Waals surface area contributed by atoms with Gasteiger partial charge in [0.1, 0.15) is 12.4 Å². The molecule has 0 radical (unpaired) electrons.